The van der Waals surface area contributed by atoms with E-state index in [2.05, 4.69) is 0 Å². The van der Waals surface area contributed by atoms with Crippen LogP contribution in [-0.4, -0.2) is 32.5 Å². The zero-order chi connectivity index (χ0) is 19.4. The zero-order valence-electron chi connectivity index (χ0n) is 13.1. The van der Waals surface area contributed by atoms with Gasteiger partial charge in [0, 0.05) is 0 Å². The molecule has 25 heavy (non-hydrogen) atoms. The Balaban J connectivity index is 3.03. The summed E-state index contributed by atoms with van der Waals surface area (Å²) < 4.78 is 62.9. The largest absolute Gasteiger partial charge is 0.471 e. The second kappa shape index (κ2) is 7.52. The number of nitrogens with zero attached hydrogens (tertiary/aromatic N) is 1. The molecule has 0 fully saturated rings. The van der Waals surface area contributed by atoms with Crippen LogP contribution in [0.25, 0.3) is 0 Å². The SMILES string of the molecule is CC(C)[C@H](NC(=O)C(F)(F)F)C(=O)NS(=O)(=O)c1cccc(C#N)c1. The number of benzene rings is 1. The molecule has 0 aliphatic rings. The third-order valence-corrected chi connectivity index (χ3v) is 4.35. The maximum atomic E-state index is 12.3. The van der Waals surface area contributed by atoms with E-state index in [1.807, 2.05) is 0 Å². The van der Waals surface area contributed by atoms with Crippen molar-refractivity contribution in [3.8, 4) is 6.07 Å². The van der Waals surface area contributed by atoms with Gasteiger partial charge in [-0.05, 0) is 24.1 Å². The van der Waals surface area contributed by atoms with E-state index in [1.54, 1.807) is 10.8 Å². The highest BCUT2D eigenvalue weighted by Crippen LogP contribution is 2.16. The Kier molecular flexibility index (Phi) is 6.15. The van der Waals surface area contributed by atoms with Crippen LogP contribution in [-0.2, 0) is 19.6 Å². The highest BCUT2D eigenvalue weighted by molar-refractivity contribution is 7.90. The predicted molar refractivity (Wildman–Crippen MR) is 79.3 cm³/mol. The van der Waals surface area contributed by atoms with Crippen molar-refractivity contribution in [2.45, 2.75) is 31.0 Å². The fourth-order valence-electron chi connectivity index (χ4n) is 1.75. The van der Waals surface area contributed by atoms with Crippen LogP contribution < -0.4 is 10.0 Å². The van der Waals surface area contributed by atoms with Crippen LogP contribution in [0.3, 0.4) is 0 Å². The number of nitrogens with one attached hydrogen (secondary N) is 2. The van der Waals surface area contributed by atoms with Crippen LogP contribution in [0.5, 0.6) is 0 Å². The number of hydrogen-bond donors (Lipinski definition) is 2. The van der Waals surface area contributed by atoms with Gasteiger partial charge in [-0.1, -0.05) is 19.9 Å². The molecule has 2 N–H and O–H groups in total. The molecule has 0 saturated carbocycles. The minimum Gasteiger partial charge on any atom is -0.336 e. The first-order chi connectivity index (χ1) is 11.4. The lowest BCUT2D eigenvalue weighted by molar-refractivity contribution is -0.175. The smallest absolute Gasteiger partial charge is 0.336 e. The molecule has 0 heterocycles. The first-order valence-corrected chi connectivity index (χ1v) is 8.31. The van der Waals surface area contributed by atoms with Gasteiger partial charge in [-0.25, -0.2) is 13.1 Å². The molecular weight excluding hydrogens is 363 g/mol. The van der Waals surface area contributed by atoms with Gasteiger partial charge in [0.2, 0.25) is 0 Å². The van der Waals surface area contributed by atoms with Crippen LogP contribution in [0.2, 0.25) is 0 Å². The van der Waals surface area contributed by atoms with Gasteiger partial charge in [0.15, 0.2) is 0 Å². The van der Waals surface area contributed by atoms with Crippen molar-refractivity contribution in [1.82, 2.24) is 10.0 Å². The van der Waals surface area contributed by atoms with E-state index in [4.69, 9.17) is 5.26 Å². The second-order valence-electron chi connectivity index (χ2n) is 5.30. The standard InChI is InChI=1S/C14H14F3N3O4S/c1-8(2)11(19-13(22)14(15,16)17)12(21)20-25(23,24)10-5-3-4-9(6-10)7-18/h3-6,8,11H,1-2H3,(H,19,22)(H,20,21)/t11-/m0/s1. The molecule has 0 unspecified atom stereocenters. The highest BCUT2D eigenvalue weighted by Gasteiger charge is 2.41. The van der Waals surface area contributed by atoms with Crippen LogP contribution >= 0.6 is 0 Å². The summed E-state index contributed by atoms with van der Waals surface area (Å²) in [6.07, 6.45) is -5.21. The fraction of sp³-hybridized carbons (Fsp3) is 0.357. The van der Waals surface area contributed by atoms with Gasteiger partial charge in [-0.3, -0.25) is 9.59 Å². The van der Waals surface area contributed by atoms with E-state index in [0.717, 1.165) is 12.1 Å². The van der Waals surface area contributed by atoms with Crippen molar-refractivity contribution in [2.75, 3.05) is 0 Å². The molecule has 1 aromatic carbocycles. The van der Waals surface area contributed by atoms with Crippen LogP contribution in [0.4, 0.5) is 13.2 Å². The summed E-state index contributed by atoms with van der Waals surface area (Å²) >= 11 is 0. The molecule has 0 bridgehead atoms. The molecule has 0 aliphatic carbocycles. The summed E-state index contributed by atoms with van der Waals surface area (Å²) in [5, 5.41) is 10.2. The van der Waals surface area contributed by atoms with Gasteiger partial charge in [0.1, 0.15) is 6.04 Å². The predicted octanol–water partition coefficient (Wildman–Crippen LogP) is 1.07. The molecule has 0 aromatic heterocycles. The Morgan fingerprint density at radius 3 is 2.32 bits per heavy atom. The van der Waals surface area contributed by atoms with E-state index in [1.165, 1.54) is 31.3 Å². The van der Waals surface area contributed by atoms with Crippen molar-refractivity contribution >= 4 is 21.8 Å². The number of carbonyl (C=O) groups excluding carboxylic acids is 2. The molecule has 11 heteroatoms. The number of sulfonamides is 1. The van der Waals surface area contributed by atoms with E-state index in [0.29, 0.717) is 0 Å². The van der Waals surface area contributed by atoms with Crippen molar-refractivity contribution in [2.24, 2.45) is 5.92 Å². The summed E-state index contributed by atoms with van der Waals surface area (Å²) in [6, 6.07) is 4.70. The maximum absolute atomic E-state index is 12.3. The van der Waals surface area contributed by atoms with E-state index < -0.39 is 44.9 Å². The zero-order valence-corrected chi connectivity index (χ0v) is 13.9. The maximum Gasteiger partial charge on any atom is 0.471 e. The Labute approximate surface area is 141 Å². The average molecular weight is 377 g/mol. The van der Waals surface area contributed by atoms with Crippen molar-refractivity contribution < 1.29 is 31.2 Å². The topological polar surface area (TPSA) is 116 Å². The number of carbonyl (C=O) groups is 2. The van der Waals surface area contributed by atoms with Gasteiger partial charge in [0.05, 0.1) is 16.5 Å². The number of rotatable bonds is 5. The lowest BCUT2D eigenvalue weighted by Gasteiger charge is -2.22. The number of alkyl halides is 3. The molecule has 1 aromatic rings. The van der Waals surface area contributed by atoms with Gasteiger partial charge in [0.25, 0.3) is 15.9 Å². The van der Waals surface area contributed by atoms with Crippen molar-refractivity contribution in [3.05, 3.63) is 29.8 Å². The summed E-state index contributed by atoms with van der Waals surface area (Å²) in [6.45, 7) is 2.67. The summed E-state index contributed by atoms with van der Waals surface area (Å²) in [7, 11) is -4.43. The molecule has 0 radical (unpaired) electrons. The number of nitriles is 1. The molecule has 2 amide bonds. The van der Waals surface area contributed by atoms with Crippen molar-refractivity contribution in [3.63, 3.8) is 0 Å². The van der Waals surface area contributed by atoms with Crippen molar-refractivity contribution in [1.29, 1.82) is 5.26 Å². The lowest BCUT2D eigenvalue weighted by Crippen LogP contribution is -2.53. The number of halogens is 3. The van der Waals surface area contributed by atoms with Crippen LogP contribution in [0, 0.1) is 17.2 Å². The lowest BCUT2D eigenvalue weighted by atomic mass is 10.0. The molecular formula is C14H14F3N3O4S. The number of amides is 2. The molecule has 1 rings (SSSR count). The van der Waals surface area contributed by atoms with Gasteiger partial charge >= 0.3 is 12.1 Å². The molecule has 0 saturated heterocycles. The minimum absolute atomic E-state index is 0.0149. The van der Waals surface area contributed by atoms with Gasteiger partial charge < -0.3 is 5.32 Å². The molecule has 7 nitrogen and oxygen atoms in total. The normalized spacial score (nSPS) is 13.0. The van der Waals surface area contributed by atoms with Gasteiger partial charge in [-0.15, -0.1) is 0 Å². The Morgan fingerprint density at radius 2 is 1.84 bits per heavy atom. The fourth-order valence-corrected chi connectivity index (χ4v) is 2.80. The van der Waals surface area contributed by atoms with Crippen LogP contribution in [0.1, 0.15) is 19.4 Å². The monoisotopic (exact) mass is 377 g/mol. The quantitative estimate of drug-likeness (QED) is 0.796. The Hall–Kier alpha value is -2.61. The third-order valence-electron chi connectivity index (χ3n) is 3.00. The molecule has 0 aliphatic heterocycles. The molecule has 0 spiro atoms. The Bertz CT molecular complexity index is 813. The molecule has 1 atom stereocenters. The summed E-state index contributed by atoms with van der Waals surface area (Å²) in [5.41, 5.74) is 0.0149. The highest BCUT2D eigenvalue weighted by atomic mass is 32.2. The average Bonchev–Trinajstić information content (AvgIpc) is 2.50. The van der Waals surface area contributed by atoms with E-state index in [-0.39, 0.29) is 5.56 Å². The van der Waals surface area contributed by atoms with Crippen LogP contribution in [0.15, 0.2) is 29.2 Å². The summed E-state index contributed by atoms with van der Waals surface area (Å²) in [4.78, 5) is 22.6. The second-order valence-corrected chi connectivity index (χ2v) is 6.98. The minimum atomic E-state index is -5.21. The summed E-state index contributed by atoms with van der Waals surface area (Å²) in [5.74, 6) is -4.49. The van der Waals surface area contributed by atoms with Gasteiger partial charge in [-0.2, -0.15) is 18.4 Å². The Morgan fingerprint density at radius 1 is 1.24 bits per heavy atom. The first-order valence-electron chi connectivity index (χ1n) is 6.83. The molecule has 136 valence electrons. The third kappa shape index (κ3) is 5.46. The van der Waals surface area contributed by atoms with E-state index in [9.17, 15) is 31.2 Å². The number of hydrogen-bond acceptors (Lipinski definition) is 5. The van der Waals surface area contributed by atoms with E-state index >= 15 is 0 Å². The first kappa shape index (κ1) is 20.4.